The summed E-state index contributed by atoms with van der Waals surface area (Å²) in [7, 11) is -3.80. The third-order valence-corrected chi connectivity index (χ3v) is 7.10. The molecule has 0 bridgehead atoms. The smallest absolute Gasteiger partial charge is 0.253 e. The lowest BCUT2D eigenvalue weighted by atomic mass is 10.1. The standard InChI is InChI=1S/C23H26N4O6S/c1-3-27(4-2)34(31,32)18-11-12-22(29)26(15-18)16-21(28)25-20-10-6-5-9-19(20)23(30)24-14-17-8-7-13-33-17/h5-13,15H,3-4,14,16H2,1-2H3,(H,24,30)(H,25,28). The highest BCUT2D eigenvalue weighted by molar-refractivity contribution is 7.89. The van der Waals surface area contributed by atoms with Gasteiger partial charge in [0, 0.05) is 25.4 Å². The van der Waals surface area contributed by atoms with Crippen LogP contribution in [0.4, 0.5) is 5.69 Å². The molecule has 0 atom stereocenters. The zero-order valence-corrected chi connectivity index (χ0v) is 19.7. The summed E-state index contributed by atoms with van der Waals surface area (Å²) in [5, 5.41) is 5.33. The van der Waals surface area contributed by atoms with Gasteiger partial charge in [-0.3, -0.25) is 14.4 Å². The molecule has 0 saturated carbocycles. The molecule has 180 valence electrons. The monoisotopic (exact) mass is 486 g/mol. The van der Waals surface area contributed by atoms with Crippen LogP contribution in [0.25, 0.3) is 0 Å². The van der Waals surface area contributed by atoms with E-state index in [0.29, 0.717) is 5.76 Å². The van der Waals surface area contributed by atoms with Gasteiger partial charge in [0.2, 0.25) is 15.9 Å². The van der Waals surface area contributed by atoms with Gasteiger partial charge in [-0.15, -0.1) is 0 Å². The molecule has 2 amide bonds. The van der Waals surface area contributed by atoms with Crippen LogP contribution in [-0.2, 0) is 27.9 Å². The number of amides is 2. The number of pyridine rings is 1. The number of anilines is 1. The van der Waals surface area contributed by atoms with Gasteiger partial charge in [-0.05, 0) is 30.3 Å². The zero-order chi connectivity index (χ0) is 24.7. The Morgan fingerprint density at radius 2 is 1.76 bits per heavy atom. The Morgan fingerprint density at radius 3 is 2.44 bits per heavy atom. The highest BCUT2D eigenvalue weighted by Crippen LogP contribution is 2.16. The van der Waals surface area contributed by atoms with Gasteiger partial charge in [-0.2, -0.15) is 4.31 Å². The first-order valence-corrected chi connectivity index (χ1v) is 12.1. The van der Waals surface area contributed by atoms with Crippen molar-refractivity contribution in [2.45, 2.75) is 31.8 Å². The minimum atomic E-state index is -3.80. The average Bonchev–Trinajstić information content (AvgIpc) is 3.33. The van der Waals surface area contributed by atoms with Crippen LogP contribution < -0.4 is 16.2 Å². The molecule has 10 nitrogen and oxygen atoms in total. The van der Waals surface area contributed by atoms with Crippen LogP contribution in [0.1, 0.15) is 30.0 Å². The van der Waals surface area contributed by atoms with Crippen LogP contribution in [0.3, 0.4) is 0 Å². The second-order valence-electron chi connectivity index (χ2n) is 7.28. The molecule has 1 aromatic carbocycles. The Balaban J connectivity index is 1.75. The van der Waals surface area contributed by atoms with Crippen LogP contribution in [0.2, 0.25) is 0 Å². The normalized spacial score (nSPS) is 11.4. The summed E-state index contributed by atoms with van der Waals surface area (Å²) < 4.78 is 33.0. The van der Waals surface area contributed by atoms with E-state index < -0.39 is 33.9 Å². The molecule has 0 aliphatic carbocycles. The van der Waals surface area contributed by atoms with E-state index in [1.54, 1.807) is 50.2 Å². The number of rotatable bonds is 10. The van der Waals surface area contributed by atoms with Crippen molar-refractivity contribution in [2.24, 2.45) is 0 Å². The quantitative estimate of drug-likeness (QED) is 0.451. The van der Waals surface area contributed by atoms with Gasteiger partial charge in [0.15, 0.2) is 0 Å². The molecule has 0 fully saturated rings. The topological polar surface area (TPSA) is 131 Å². The third-order valence-electron chi connectivity index (χ3n) is 5.06. The van der Waals surface area contributed by atoms with E-state index >= 15 is 0 Å². The number of furan rings is 1. The van der Waals surface area contributed by atoms with Crippen molar-refractivity contribution < 1.29 is 22.4 Å². The number of hydrogen-bond donors (Lipinski definition) is 2. The summed E-state index contributed by atoms with van der Waals surface area (Å²) >= 11 is 0. The van der Waals surface area contributed by atoms with Gasteiger partial charge in [0.25, 0.3) is 11.5 Å². The summed E-state index contributed by atoms with van der Waals surface area (Å²) in [5.41, 5.74) is -0.0462. The number of hydrogen-bond acceptors (Lipinski definition) is 6. The Bertz CT molecular complexity index is 1310. The fourth-order valence-corrected chi connectivity index (χ4v) is 4.79. The second-order valence-corrected chi connectivity index (χ2v) is 9.21. The van der Waals surface area contributed by atoms with Crippen molar-refractivity contribution in [3.05, 3.63) is 82.7 Å². The van der Waals surface area contributed by atoms with Crippen LogP contribution in [-0.4, -0.2) is 42.2 Å². The number of aromatic nitrogens is 1. The van der Waals surface area contributed by atoms with E-state index in [1.165, 1.54) is 16.6 Å². The fraction of sp³-hybridized carbons (Fsp3) is 0.261. The van der Waals surface area contributed by atoms with Gasteiger partial charge in [0.1, 0.15) is 12.3 Å². The van der Waals surface area contributed by atoms with Crippen molar-refractivity contribution in [2.75, 3.05) is 18.4 Å². The summed E-state index contributed by atoms with van der Waals surface area (Å²) in [5.74, 6) is -0.434. The molecule has 0 unspecified atom stereocenters. The summed E-state index contributed by atoms with van der Waals surface area (Å²) in [6, 6.07) is 12.2. The maximum absolute atomic E-state index is 12.8. The number of para-hydroxylation sites is 1. The van der Waals surface area contributed by atoms with Crippen LogP contribution in [0.15, 0.2) is 75.1 Å². The Morgan fingerprint density at radius 1 is 1.03 bits per heavy atom. The molecule has 0 spiro atoms. The molecular weight excluding hydrogens is 460 g/mol. The lowest BCUT2D eigenvalue weighted by Crippen LogP contribution is -2.33. The van der Waals surface area contributed by atoms with E-state index in [0.717, 1.165) is 16.8 Å². The molecule has 34 heavy (non-hydrogen) atoms. The number of carbonyl (C=O) groups is 2. The summed E-state index contributed by atoms with van der Waals surface area (Å²) in [4.78, 5) is 37.5. The van der Waals surface area contributed by atoms with E-state index in [9.17, 15) is 22.8 Å². The van der Waals surface area contributed by atoms with Crippen LogP contribution in [0.5, 0.6) is 0 Å². The SMILES string of the molecule is CCN(CC)S(=O)(=O)c1ccc(=O)n(CC(=O)Nc2ccccc2C(=O)NCc2ccco2)c1. The van der Waals surface area contributed by atoms with Crippen molar-refractivity contribution in [3.8, 4) is 0 Å². The third kappa shape index (κ3) is 5.80. The van der Waals surface area contributed by atoms with Crippen LogP contribution >= 0.6 is 0 Å². The van der Waals surface area contributed by atoms with Gasteiger partial charge in [0.05, 0.1) is 29.0 Å². The Labute approximate surface area is 197 Å². The average molecular weight is 487 g/mol. The first-order valence-electron chi connectivity index (χ1n) is 10.7. The first kappa shape index (κ1) is 24.9. The van der Waals surface area contributed by atoms with Gasteiger partial charge in [-0.1, -0.05) is 26.0 Å². The van der Waals surface area contributed by atoms with Gasteiger partial charge < -0.3 is 19.6 Å². The predicted octanol–water partition coefficient (Wildman–Crippen LogP) is 2.04. The van der Waals surface area contributed by atoms with E-state index in [1.807, 2.05) is 0 Å². The van der Waals surface area contributed by atoms with Gasteiger partial charge >= 0.3 is 0 Å². The van der Waals surface area contributed by atoms with E-state index in [2.05, 4.69) is 10.6 Å². The van der Waals surface area contributed by atoms with Crippen molar-refractivity contribution in [1.82, 2.24) is 14.2 Å². The largest absolute Gasteiger partial charge is 0.467 e. The van der Waals surface area contributed by atoms with Gasteiger partial charge in [-0.25, -0.2) is 8.42 Å². The Kier molecular flexibility index (Phi) is 8.03. The number of benzene rings is 1. The number of carbonyl (C=O) groups excluding carboxylic acids is 2. The molecule has 11 heteroatoms. The molecule has 2 aromatic heterocycles. The molecule has 0 radical (unpaired) electrons. The van der Waals surface area contributed by atoms with Crippen molar-refractivity contribution >= 4 is 27.5 Å². The second kappa shape index (κ2) is 10.9. The van der Waals surface area contributed by atoms with Crippen molar-refractivity contribution in [1.29, 1.82) is 0 Å². The van der Waals surface area contributed by atoms with E-state index in [4.69, 9.17) is 4.42 Å². The molecule has 2 N–H and O–H groups in total. The highest BCUT2D eigenvalue weighted by Gasteiger charge is 2.23. The molecule has 3 aromatic rings. The lowest BCUT2D eigenvalue weighted by Gasteiger charge is -2.19. The number of nitrogens with zero attached hydrogens (tertiary/aromatic N) is 2. The molecule has 0 saturated heterocycles. The Hall–Kier alpha value is -3.70. The maximum atomic E-state index is 12.8. The predicted molar refractivity (Wildman–Crippen MR) is 126 cm³/mol. The molecule has 0 aliphatic heterocycles. The molecular formula is C23H26N4O6S. The molecule has 3 rings (SSSR count). The zero-order valence-electron chi connectivity index (χ0n) is 18.9. The minimum absolute atomic E-state index is 0.0821. The summed E-state index contributed by atoms with van der Waals surface area (Å²) in [6.45, 7) is 3.73. The highest BCUT2D eigenvalue weighted by atomic mass is 32.2. The van der Waals surface area contributed by atoms with Crippen molar-refractivity contribution in [3.63, 3.8) is 0 Å². The first-order chi connectivity index (χ1) is 16.3. The minimum Gasteiger partial charge on any atom is -0.467 e. The molecule has 2 heterocycles. The summed E-state index contributed by atoms with van der Waals surface area (Å²) in [6.07, 6.45) is 2.65. The van der Waals surface area contributed by atoms with E-state index in [-0.39, 0.29) is 35.8 Å². The van der Waals surface area contributed by atoms with Crippen LogP contribution in [0, 0.1) is 0 Å². The molecule has 0 aliphatic rings. The number of sulfonamides is 1. The lowest BCUT2D eigenvalue weighted by molar-refractivity contribution is -0.116. The fourth-order valence-electron chi connectivity index (χ4n) is 3.31. The maximum Gasteiger partial charge on any atom is 0.253 e. The number of nitrogens with one attached hydrogen (secondary N) is 2.